The minimum absolute atomic E-state index is 0.233. The highest BCUT2D eigenvalue weighted by Crippen LogP contribution is 2.34. The van der Waals surface area contributed by atoms with Crippen LogP contribution in [0, 0.1) is 19.8 Å². The van der Waals surface area contributed by atoms with Crippen molar-refractivity contribution in [3.8, 4) is 5.75 Å². The van der Waals surface area contributed by atoms with Gasteiger partial charge < -0.3 is 14.6 Å². The molecule has 0 aliphatic carbocycles. The Morgan fingerprint density at radius 1 is 1.11 bits per heavy atom. The van der Waals surface area contributed by atoms with E-state index in [0.717, 1.165) is 22.4 Å². The molecule has 102 valence electrons. The molecule has 0 aromatic heterocycles. The molecule has 0 amide bonds. The summed E-state index contributed by atoms with van der Waals surface area (Å²) >= 11 is 0. The van der Waals surface area contributed by atoms with E-state index < -0.39 is 6.10 Å². The molecule has 2 unspecified atom stereocenters. The van der Waals surface area contributed by atoms with E-state index in [4.69, 9.17) is 9.47 Å². The first kappa shape index (κ1) is 15.0. The Labute approximate surface area is 110 Å². The minimum Gasteiger partial charge on any atom is -0.496 e. The lowest BCUT2D eigenvalue weighted by molar-refractivity contribution is -0.0399. The third kappa shape index (κ3) is 2.85. The number of aryl methyl sites for hydroxylation is 1. The van der Waals surface area contributed by atoms with Gasteiger partial charge in [0.2, 0.25) is 0 Å². The minimum atomic E-state index is -0.677. The van der Waals surface area contributed by atoms with Crippen molar-refractivity contribution in [3.63, 3.8) is 0 Å². The van der Waals surface area contributed by atoms with Crippen molar-refractivity contribution in [1.29, 1.82) is 0 Å². The van der Waals surface area contributed by atoms with E-state index in [0.29, 0.717) is 0 Å². The number of methoxy groups -OCH3 is 2. The van der Waals surface area contributed by atoms with E-state index in [1.807, 2.05) is 39.8 Å². The fourth-order valence-corrected chi connectivity index (χ4v) is 2.26. The molecule has 0 spiro atoms. The van der Waals surface area contributed by atoms with Crippen LogP contribution in [-0.4, -0.2) is 25.4 Å². The zero-order valence-electron chi connectivity index (χ0n) is 12.2. The Balaban J connectivity index is 3.20. The first-order valence-electron chi connectivity index (χ1n) is 6.29. The maximum absolute atomic E-state index is 10.5. The van der Waals surface area contributed by atoms with Crippen LogP contribution in [0.2, 0.25) is 0 Å². The summed E-state index contributed by atoms with van der Waals surface area (Å²) in [6, 6.07) is 3.92. The van der Waals surface area contributed by atoms with Gasteiger partial charge in [0.05, 0.1) is 13.2 Å². The quantitative estimate of drug-likeness (QED) is 0.875. The molecule has 18 heavy (non-hydrogen) atoms. The first-order chi connectivity index (χ1) is 8.43. The smallest absolute Gasteiger partial charge is 0.127 e. The Bertz CT molecular complexity index is 399. The van der Waals surface area contributed by atoms with Crippen molar-refractivity contribution < 1.29 is 14.6 Å². The van der Waals surface area contributed by atoms with Crippen LogP contribution in [0.1, 0.15) is 36.6 Å². The maximum Gasteiger partial charge on any atom is 0.127 e. The predicted molar refractivity (Wildman–Crippen MR) is 73.1 cm³/mol. The number of rotatable bonds is 5. The summed E-state index contributed by atoms with van der Waals surface area (Å²) in [5.74, 6) is 0.988. The first-order valence-corrected chi connectivity index (χ1v) is 6.29. The molecule has 0 aliphatic heterocycles. The average molecular weight is 252 g/mol. The van der Waals surface area contributed by atoms with E-state index >= 15 is 0 Å². The average Bonchev–Trinajstić information content (AvgIpc) is 2.32. The molecule has 0 fully saturated rings. The Kier molecular flexibility index (Phi) is 5.17. The van der Waals surface area contributed by atoms with Gasteiger partial charge in [0.1, 0.15) is 11.9 Å². The second-order valence-electron chi connectivity index (χ2n) is 5.02. The van der Waals surface area contributed by atoms with Gasteiger partial charge in [0, 0.05) is 12.7 Å². The lowest BCUT2D eigenvalue weighted by Crippen LogP contribution is -2.27. The van der Waals surface area contributed by atoms with E-state index in [1.54, 1.807) is 14.2 Å². The van der Waals surface area contributed by atoms with Gasteiger partial charge in [-0.1, -0.05) is 26.0 Å². The summed E-state index contributed by atoms with van der Waals surface area (Å²) in [7, 11) is 3.26. The summed E-state index contributed by atoms with van der Waals surface area (Å²) < 4.78 is 10.8. The van der Waals surface area contributed by atoms with Crippen LogP contribution in [-0.2, 0) is 4.74 Å². The van der Waals surface area contributed by atoms with Gasteiger partial charge in [0.25, 0.3) is 0 Å². The van der Waals surface area contributed by atoms with Crippen LogP contribution < -0.4 is 4.74 Å². The predicted octanol–water partition coefficient (Wildman–Crippen LogP) is 3.02. The third-order valence-electron chi connectivity index (χ3n) is 3.47. The van der Waals surface area contributed by atoms with Crippen molar-refractivity contribution in [1.82, 2.24) is 0 Å². The highest BCUT2D eigenvalue weighted by atomic mass is 16.5. The molecule has 3 nitrogen and oxygen atoms in total. The number of aliphatic hydroxyl groups excluding tert-OH is 1. The lowest BCUT2D eigenvalue weighted by Gasteiger charge is -2.27. The third-order valence-corrected chi connectivity index (χ3v) is 3.47. The van der Waals surface area contributed by atoms with Crippen LogP contribution in [0.4, 0.5) is 0 Å². The number of hydrogen-bond acceptors (Lipinski definition) is 3. The van der Waals surface area contributed by atoms with Crippen molar-refractivity contribution in [2.24, 2.45) is 5.92 Å². The van der Waals surface area contributed by atoms with Gasteiger partial charge in [-0.15, -0.1) is 0 Å². The summed E-state index contributed by atoms with van der Waals surface area (Å²) in [5.41, 5.74) is 3.01. The van der Waals surface area contributed by atoms with Crippen LogP contribution in [0.3, 0.4) is 0 Å². The molecular formula is C15H24O3. The van der Waals surface area contributed by atoms with Crippen molar-refractivity contribution >= 4 is 0 Å². The van der Waals surface area contributed by atoms with Gasteiger partial charge in [-0.2, -0.15) is 0 Å². The van der Waals surface area contributed by atoms with Crippen LogP contribution >= 0.6 is 0 Å². The molecule has 1 aromatic rings. The SMILES string of the molecule is COc1c(C(O)C(OC)C(C)C)ccc(C)c1C. The monoisotopic (exact) mass is 252 g/mol. The molecule has 0 aliphatic rings. The van der Waals surface area contributed by atoms with Gasteiger partial charge in [-0.05, 0) is 30.9 Å². The topological polar surface area (TPSA) is 38.7 Å². The van der Waals surface area contributed by atoms with Gasteiger partial charge >= 0.3 is 0 Å². The van der Waals surface area contributed by atoms with E-state index in [9.17, 15) is 5.11 Å². The molecule has 1 N–H and O–H groups in total. The summed E-state index contributed by atoms with van der Waals surface area (Å²) in [5, 5.41) is 10.5. The van der Waals surface area contributed by atoms with Crippen LogP contribution in [0.15, 0.2) is 12.1 Å². The number of aliphatic hydroxyl groups is 1. The molecule has 2 atom stereocenters. The number of benzene rings is 1. The summed E-state index contributed by atoms with van der Waals surface area (Å²) in [4.78, 5) is 0. The number of ether oxygens (including phenoxy) is 2. The largest absolute Gasteiger partial charge is 0.496 e. The Hall–Kier alpha value is -1.06. The highest BCUT2D eigenvalue weighted by Gasteiger charge is 2.27. The fraction of sp³-hybridized carbons (Fsp3) is 0.600. The normalized spacial score (nSPS) is 14.7. The summed E-state index contributed by atoms with van der Waals surface area (Å²) in [6.45, 7) is 8.10. The van der Waals surface area contributed by atoms with E-state index in [2.05, 4.69) is 0 Å². The molecule has 0 heterocycles. The van der Waals surface area contributed by atoms with Gasteiger partial charge in [-0.3, -0.25) is 0 Å². The van der Waals surface area contributed by atoms with Crippen molar-refractivity contribution in [2.45, 2.75) is 39.9 Å². The molecule has 0 saturated heterocycles. The maximum atomic E-state index is 10.5. The zero-order chi connectivity index (χ0) is 13.9. The molecule has 1 aromatic carbocycles. The Morgan fingerprint density at radius 2 is 1.72 bits per heavy atom. The lowest BCUT2D eigenvalue weighted by atomic mass is 9.93. The summed E-state index contributed by atoms with van der Waals surface area (Å²) in [6.07, 6.45) is -0.912. The molecule has 0 radical (unpaired) electrons. The second-order valence-corrected chi connectivity index (χ2v) is 5.02. The molecule has 0 bridgehead atoms. The molecule has 1 rings (SSSR count). The van der Waals surface area contributed by atoms with Crippen LogP contribution in [0.25, 0.3) is 0 Å². The highest BCUT2D eigenvalue weighted by molar-refractivity contribution is 5.46. The van der Waals surface area contributed by atoms with Crippen molar-refractivity contribution in [3.05, 3.63) is 28.8 Å². The van der Waals surface area contributed by atoms with E-state index in [1.165, 1.54) is 0 Å². The van der Waals surface area contributed by atoms with Gasteiger partial charge in [-0.25, -0.2) is 0 Å². The molecular weight excluding hydrogens is 228 g/mol. The van der Waals surface area contributed by atoms with E-state index in [-0.39, 0.29) is 12.0 Å². The molecule has 3 heteroatoms. The number of hydrogen-bond donors (Lipinski definition) is 1. The second kappa shape index (κ2) is 6.21. The zero-order valence-corrected chi connectivity index (χ0v) is 12.2. The van der Waals surface area contributed by atoms with Gasteiger partial charge in [0.15, 0.2) is 0 Å². The standard InChI is InChI=1S/C15H24O3/c1-9(2)14(17-5)13(16)12-8-7-10(3)11(4)15(12)18-6/h7-9,13-14,16H,1-6H3. The molecule has 0 saturated carbocycles. The van der Waals surface area contributed by atoms with Crippen LogP contribution in [0.5, 0.6) is 5.75 Å². The van der Waals surface area contributed by atoms with Crippen molar-refractivity contribution in [2.75, 3.05) is 14.2 Å². The Morgan fingerprint density at radius 3 is 2.17 bits per heavy atom. The fourth-order valence-electron chi connectivity index (χ4n) is 2.26.